The fraction of sp³-hybridized carbons (Fsp3) is 0.316. The lowest BCUT2D eigenvalue weighted by atomic mass is 10.00. The van der Waals surface area contributed by atoms with Crippen molar-refractivity contribution in [1.82, 2.24) is 4.90 Å². The molecule has 126 valence electrons. The molecule has 1 aliphatic rings. The van der Waals surface area contributed by atoms with Gasteiger partial charge in [0.05, 0.1) is 0 Å². The van der Waals surface area contributed by atoms with Crippen molar-refractivity contribution in [2.45, 2.75) is 26.3 Å². The van der Waals surface area contributed by atoms with Gasteiger partial charge in [-0.25, -0.2) is 4.39 Å². The first-order valence-corrected chi connectivity index (χ1v) is 8.27. The third-order valence-corrected chi connectivity index (χ3v) is 4.73. The molecule has 1 amide bonds. The molecular weight excluding hydrogens is 329 g/mol. The van der Waals surface area contributed by atoms with Crippen molar-refractivity contribution in [3.05, 3.63) is 52.3 Å². The molecule has 0 heterocycles. The van der Waals surface area contributed by atoms with Crippen LogP contribution in [0.1, 0.15) is 24.0 Å². The van der Waals surface area contributed by atoms with Gasteiger partial charge in [-0.3, -0.25) is 4.79 Å². The van der Waals surface area contributed by atoms with Crippen LogP contribution < -0.4 is 0 Å². The highest BCUT2D eigenvalue weighted by molar-refractivity contribution is 6.31. The smallest absolute Gasteiger partial charge is 0.225 e. The monoisotopic (exact) mass is 347 g/mol. The van der Waals surface area contributed by atoms with Crippen LogP contribution in [0.3, 0.4) is 0 Å². The Bertz CT molecular complexity index is 802. The van der Waals surface area contributed by atoms with Crippen molar-refractivity contribution in [2.75, 3.05) is 7.05 Å². The minimum Gasteiger partial charge on any atom is -0.507 e. The van der Waals surface area contributed by atoms with Crippen LogP contribution in [-0.2, 0) is 11.3 Å². The number of phenols is 1. The number of aromatic hydroxyl groups is 1. The maximum Gasteiger partial charge on any atom is 0.225 e. The van der Waals surface area contributed by atoms with Gasteiger partial charge in [0.1, 0.15) is 11.6 Å². The van der Waals surface area contributed by atoms with Gasteiger partial charge in [0.15, 0.2) is 0 Å². The lowest BCUT2D eigenvalue weighted by molar-refractivity contribution is -0.131. The molecule has 0 radical (unpaired) electrons. The summed E-state index contributed by atoms with van der Waals surface area (Å²) >= 11 is 6.11. The van der Waals surface area contributed by atoms with Gasteiger partial charge in [0.25, 0.3) is 0 Å². The van der Waals surface area contributed by atoms with Crippen LogP contribution in [0.25, 0.3) is 11.1 Å². The van der Waals surface area contributed by atoms with Crippen LogP contribution in [0, 0.1) is 18.7 Å². The largest absolute Gasteiger partial charge is 0.507 e. The zero-order chi connectivity index (χ0) is 17.4. The van der Waals surface area contributed by atoms with E-state index in [0.29, 0.717) is 17.1 Å². The van der Waals surface area contributed by atoms with Crippen molar-refractivity contribution in [2.24, 2.45) is 5.92 Å². The standard InChI is InChI=1S/C19H19ClFNO2/c1-11-7-18(23)15(9-16(11)20)14-8-12(3-6-17(14)21)10-22(2)19(24)13-4-5-13/h3,6-9,13,23H,4-5,10H2,1-2H3. The van der Waals surface area contributed by atoms with E-state index < -0.39 is 5.82 Å². The number of carbonyl (C=O) groups is 1. The third-order valence-electron chi connectivity index (χ3n) is 4.32. The predicted molar refractivity (Wildman–Crippen MR) is 92.4 cm³/mol. The molecule has 0 aromatic heterocycles. The summed E-state index contributed by atoms with van der Waals surface area (Å²) in [6.45, 7) is 2.18. The molecule has 0 spiro atoms. The van der Waals surface area contributed by atoms with Crippen LogP contribution in [-0.4, -0.2) is 23.0 Å². The van der Waals surface area contributed by atoms with Gasteiger partial charge in [-0.2, -0.15) is 0 Å². The number of carbonyl (C=O) groups excluding carboxylic acids is 1. The molecule has 0 unspecified atom stereocenters. The van der Waals surface area contributed by atoms with Crippen LogP contribution in [0.5, 0.6) is 5.75 Å². The Morgan fingerprint density at radius 3 is 2.67 bits per heavy atom. The van der Waals surface area contributed by atoms with Crippen LogP contribution in [0.2, 0.25) is 5.02 Å². The van der Waals surface area contributed by atoms with Gasteiger partial charge in [-0.1, -0.05) is 17.7 Å². The maximum absolute atomic E-state index is 14.3. The van der Waals surface area contributed by atoms with Crippen molar-refractivity contribution < 1.29 is 14.3 Å². The molecule has 1 N–H and O–H groups in total. The van der Waals surface area contributed by atoms with E-state index in [1.165, 1.54) is 12.1 Å². The van der Waals surface area contributed by atoms with Crippen molar-refractivity contribution in [3.63, 3.8) is 0 Å². The normalized spacial score (nSPS) is 13.8. The van der Waals surface area contributed by atoms with Gasteiger partial charge < -0.3 is 10.0 Å². The molecule has 1 aliphatic carbocycles. The molecule has 24 heavy (non-hydrogen) atoms. The number of nitrogens with zero attached hydrogens (tertiary/aromatic N) is 1. The zero-order valence-corrected chi connectivity index (χ0v) is 14.4. The molecule has 0 aliphatic heterocycles. The second-order valence-corrected chi connectivity index (χ2v) is 6.81. The first-order valence-electron chi connectivity index (χ1n) is 7.89. The summed E-state index contributed by atoms with van der Waals surface area (Å²) in [4.78, 5) is 13.7. The molecule has 3 nitrogen and oxygen atoms in total. The van der Waals surface area contributed by atoms with Crippen molar-refractivity contribution >= 4 is 17.5 Å². The molecule has 5 heteroatoms. The Morgan fingerprint density at radius 2 is 2.00 bits per heavy atom. The Hall–Kier alpha value is -2.07. The van der Waals surface area contributed by atoms with Gasteiger partial charge in [0, 0.05) is 35.7 Å². The molecule has 0 atom stereocenters. The molecule has 2 aromatic carbocycles. The lowest BCUT2D eigenvalue weighted by Crippen LogP contribution is -2.27. The Balaban J connectivity index is 1.92. The first kappa shape index (κ1) is 16.8. The summed E-state index contributed by atoms with van der Waals surface area (Å²) in [6, 6.07) is 7.75. The number of hydrogen-bond acceptors (Lipinski definition) is 2. The molecule has 1 saturated carbocycles. The number of rotatable bonds is 4. The van der Waals surface area contributed by atoms with E-state index in [-0.39, 0.29) is 23.1 Å². The lowest BCUT2D eigenvalue weighted by Gasteiger charge is -2.18. The average Bonchev–Trinajstić information content (AvgIpc) is 3.37. The predicted octanol–water partition coefficient (Wildman–Crippen LogP) is 4.53. The highest BCUT2D eigenvalue weighted by Gasteiger charge is 2.31. The summed E-state index contributed by atoms with van der Waals surface area (Å²) in [6.07, 6.45) is 1.90. The maximum atomic E-state index is 14.3. The molecular formula is C19H19ClFNO2. The second-order valence-electron chi connectivity index (χ2n) is 6.40. The number of halogens is 2. The highest BCUT2D eigenvalue weighted by Crippen LogP contribution is 2.36. The van der Waals surface area contributed by atoms with E-state index in [4.69, 9.17) is 11.6 Å². The Labute approximate surface area is 145 Å². The number of hydrogen-bond donors (Lipinski definition) is 1. The van der Waals surface area contributed by atoms with Crippen LogP contribution in [0.15, 0.2) is 30.3 Å². The summed E-state index contributed by atoms with van der Waals surface area (Å²) < 4.78 is 14.3. The summed E-state index contributed by atoms with van der Waals surface area (Å²) in [5, 5.41) is 10.6. The topological polar surface area (TPSA) is 40.5 Å². The van der Waals surface area contributed by atoms with Crippen LogP contribution in [0.4, 0.5) is 4.39 Å². The fourth-order valence-electron chi connectivity index (χ4n) is 2.75. The van der Waals surface area contributed by atoms with E-state index in [0.717, 1.165) is 24.0 Å². The van der Waals surface area contributed by atoms with E-state index in [2.05, 4.69) is 0 Å². The van der Waals surface area contributed by atoms with Gasteiger partial charge in [-0.05, 0) is 55.2 Å². The van der Waals surface area contributed by atoms with Gasteiger partial charge >= 0.3 is 0 Å². The number of amides is 1. The zero-order valence-electron chi connectivity index (χ0n) is 13.6. The van der Waals surface area contributed by atoms with E-state index in [9.17, 15) is 14.3 Å². The van der Waals surface area contributed by atoms with Gasteiger partial charge in [0.2, 0.25) is 5.91 Å². The molecule has 3 rings (SSSR count). The fourth-order valence-corrected chi connectivity index (χ4v) is 2.92. The SMILES string of the molecule is Cc1cc(O)c(-c2cc(CN(C)C(=O)C3CC3)ccc2F)cc1Cl. The molecule has 0 saturated heterocycles. The minimum atomic E-state index is -0.440. The Morgan fingerprint density at radius 1 is 1.29 bits per heavy atom. The molecule has 0 bridgehead atoms. The molecule has 2 aromatic rings. The third kappa shape index (κ3) is 3.39. The van der Waals surface area contributed by atoms with Crippen molar-refractivity contribution in [1.29, 1.82) is 0 Å². The number of aryl methyl sites for hydroxylation is 1. The van der Waals surface area contributed by atoms with E-state index in [1.807, 2.05) is 0 Å². The Kier molecular flexibility index (Phi) is 4.50. The number of phenolic OH excluding ortho intramolecular Hbond substituents is 1. The quantitative estimate of drug-likeness (QED) is 0.882. The summed E-state index contributed by atoms with van der Waals surface area (Å²) in [5.41, 5.74) is 2.16. The van der Waals surface area contributed by atoms with Crippen LogP contribution >= 0.6 is 11.6 Å². The van der Waals surface area contributed by atoms with E-state index in [1.54, 1.807) is 37.1 Å². The minimum absolute atomic E-state index is 0.0182. The number of benzene rings is 2. The average molecular weight is 348 g/mol. The first-order chi connectivity index (χ1) is 11.4. The summed E-state index contributed by atoms with van der Waals surface area (Å²) in [7, 11) is 1.75. The van der Waals surface area contributed by atoms with Crippen molar-refractivity contribution in [3.8, 4) is 16.9 Å². The second kappa shape index (κ2) is 6.44. The highest BCUT2D eigenvalue weighted by atomic mass is 35.5. The summed E-state index contributed by atoms with van der Waals surface area (Å²) in [5.74, 6) is -0.183. The van der Waals surface area contributed by atoms with E-state index >= 15 is 0 Å². The molecule has 1 fully saturated rings. The van der Waals surface area contributed by atoms with Gasteiger partial charge in [-0.15, -0.1) is 0 Å².